The fourth-order valence-corrected chi connectivity index (χ4v) is 1.58. The summed E-state index contributed by atoms with van der Waals surface area (Å²) in [6, 6.07) is 13.1. The maximum Gasteiger partial charge on any atom is 0.142 e. The van der Waals surface area contributed by atoms with Gasteiger partial charge in [-0.15, -0.1) is 0 Å². The first kappa shape index (κ1) is 11.1. The van der Waals surface area contributed by atoms with Crippen LogP contribution in [0, 0.1) is 11.3 Å². The monoisotopic (exact) mass is 227 g/mol. The third kappa shape index (κ3) is 2.58. The highest BCUT2D eigenvalue weighted by Crippen LogP contribution is 2.19. The fourth-order valence-electron chi connectivity index (χ4n) is 1.58. The van der Waals surface area contributed by atoms with Crippen molar-refractivity contribution in [2.45, 2.75) is 6.54 Å². The third-order valence-corrected chi connectivity index (χ3v) is 2.45. The summed E-state index contributed by atoms with van der Waals surface area (Å²) >= 11 is 0. The first-order chi connectivity index (χ1) is 8.31. The molecule has 0 fully saturated rings. The van der Waals surface area contributed by atoms with Gasteiger partial charge < -0.3 is 15.0 Å². The molecule has 0 bridgehead atoms. The highest BCUT2D eigenvalue weighted by Gasteiger charge is 2.01. The van der Waals surface area contributed by atoms with Crippen LogP contribution in [0.5, 0.6) is 5.75 Å². The second kappa shape index (κ2) is 5.08. The van der Waals surface area contributed by atoms with E-state index < -0.39 is 0 Å². The van der Waals surface area contributed by atoms with Gasteiger partial charge in [0, 0.05) is 6.20 Å². The molecule has 0 radical (unpaired) electrons. The molecule has 17 heavy (non-hydrogen) atoms. The molecule has 0 saturated carbocycles. The second-order valence-corrected chi connectivity index (χ2v) is 3.58. The molecular weight excluding hydrogens is 214 g/mol. The van der Waals surface area contributed by atoms with E-state index in [0.717, 1.165) is 0 Å². The van der Waals surface area contributed by atoms with Crippen LogP contribution >= 0.6 is 0 Å². The summed E-state index contributed by atoms with van der Waals surface area (Å²) in [6.07, 6.45) is 1.86. The molecule has 1 aromatic heterocycles. The number of nitrogens with zero attached hydrogens (tertiary/aromatic N) is 2. The highest BCUT2D eigenvalue weighted by molar-refractivity contribution is 5.51. The standard InChI is InChI=1S/C13H13N3O/c14-10-11-4-3-7-16(11)8-9-17-13-6-2-1-5-12(13)15/h1-7H,8-9,15H2. The number of nitrogen functional groups attached to an aromatic ring is 1. The Balaban J connectivity index is 1.93. The molecule has 0 aliphatic carbocycles. The van der Waals surface area contributed by atoms with Crippen molar-refractivity contribution in [1.82, 2.24) is 4.57 Å². The van der Waals surface area contributed by atoms with Crippen molar-refractivity contribution >= 4 is 5.69 Å². The Labute approximate surface area is 99.8 Å². The van der Waals surface area contributed by atoms with E-state index in [1.807, 2.05) is 35.0 Å². The van der Waals surface area contributed by atoms with Crippen LogP contribution in [0.25, 0.3) is 0 Å². The summed E-state index contributed by atoms with van der Waals surface area (Å²) in [5.41, 5.74) is 7.01. The Kier molecular flexibility index (Phi) is 3.31. The molecule has 0 atom stereocenters. The van der Waals surface area contributed by atoms with Crippen LogP contribution in [0.4, 0.5) is 5.69 Å². The van der Waals surface area contributed by atoms with Crippen LogP contribution in [-0.4, -0.2) is 11.2 Å². The molecule has 0 unspecified atom stereocenters. The Hall–Kier alpha value is -2.41. The Morgan fingerprint density at radius 1 is 1.24 bits per heavy atom. The van der Waals surface area contributed by atoms with Gasteiger partial charge in [-0.1, -0.05) is 12.1 Å². The predicted molar refractivity (Wildman–Crippen MR) is 65.5 cm³/mol. The minimum atomic E-state index is 0.484. The minimum absolute atomic E-state index is 0.484. The number of rotatable bonds is 4. The predicted octanol–water partition coefficient (Wildman–Crippen LogP) is 2.02. The molecule has 86 valence electrons. The SMILES string of the molecule is N#Cc1cccn1CCOc1ccccc1N. The van der Waals surface area contributed by atoms with Gasteiger partial charge in [-0.05, 0) is 24.3 Å². The molecule has 1 aromatic carbocycles. The molecule has 4 heteroatoms. The van der Waals surface area contributed by atoms with Crippen LogP contribution in [0.2, 0.25) is 0 Å². The van der Waals surface area contributed by atoms with Gasteiger partial charge in [0.05, 0.1) is 12.2 Å². The molecule has 2 rings (SSSR count). The van der Waals surface area contributed by atoms with Crippen molar-refractivity contribution in [3.63, 3.8) is 0 Å². The lowest BCUT2D eigenvalue weighted by atomic mass is 10.3. The first-order valence-corrected chi connectivity index (χ1v) is 5.34. The maximum absolute atomic E-state index is 8.84. The zero-order valence-corrected chi connectivity index (χ0v) is 9.34. The molecule has 0 saturated heterocycles. The zero-order chi connectivity index (χ0) is 12.1. The lowest BCUT2D eigenvalue weighted by Gasteiger charge is -2.09. The zero-order valence-electron chi connectivity index (χ0n) is 9.34. The van der Waals surface area contributed by atoms with Gasteiger partial charge in [0.2, 0.25) is 0 Å². The van der Waals surface area contributed by atoms with Crippen molar-refractivity contribution in [3.05, 3.63) is 48.3 Å². The smallest absolute Gasteiger partial charge is 0.142 e. The van der Waals surface area contributed by atoms with Crippen LogP contribution in [-0.2, 0) is 6.54 Å². The molecular formula is C13H13N3O. The average Bonchev–Trinajstić information content (AvgIpc) is 2.79. The third-order valence-electron chi connectivity index (χ3n) is 2.45. The molecule has 1 heterocycles. The maximum atomic E-state index is 8.84. The van der Waals surface area contributed by atoms with Crippen molar-refractivity contribution < 1.29 is 4.74 Å². The van der Waals surface area contributed by atoms with E-state index in [0.29, 0.717) is 30.3 Å². The van der Waals surface area contributed by atoms with E-state index in [9.17, 15) is 0 Å². The molecule has 0 amide bonds. The lowest BCUT2D eigenvalue weighted by Crippen LogP contribution is -2.09. The van der Waals surface area contributed by atoms with Gasteiger partial charge in [-0.25, -0.2) is 0 Å². The number of benzene rings is 1. The summed E-state index contributed by atoms with van der Waals surface area (Å²) in [7, 11) is 0. The number of para-hydroxylation sites is 2. The van der Waals surface area contributed by atoms with E-state index in [1.165, 1.54) is 0 Å². The lowest BCUT2D eigenvalue weighted by molar-refractivity contribution is 0.299. The average molecular weight is 227 g/mol. The molecule has 2 N–H and O–H groups in total. The molecule has 0 aliphatic heterocycles. The summed E-state index contributed by atoms with van der Waals surface area (Å²) in [4.78, 5) is 0. The number of nitriles is 1. The highest BCUT2D eigenvalue weighted by atomic mass is 16.5. The number of ether oxygens (including phenoxy) is 1. The number of nitrogens with two attached hydrogens (primary N) is 1. The molecule has 2 aromatic rings. The van der Waals surface area contributed by atoms with E-state index >= 15 is 0 Å². The van der Waals surface area contributed by atoms with E-state index in [1.54, 1.807) is 12.1 Å². The van der Waals surface area contributed by atoms with Gasteiger partial charge in [0.25, 0.3) is 0 Å². The number of aromatic nitrogens is 1. The topological polar surface area (TPSA) is 64.0 Å². The summed E-state index contributed by atoms with van der Waals surface area (Å²) in [6.45, 7) is 1.11. The molecule has 4 nitrogen and oxygen atoms in total. The molecule has 0 aliphatic rings. The first-order valence-electron chi connectivity index (χ1n) is 5.34. The quantitative estimate of drug-likeness (QED) is 0.813. The van der Waals surface area contributed by atoms with Gasteiger partial charge in [0.1, 0.15) is 24.1 Å². The molecule has 0 spiro atoms. The second-order valence-electron chi connectivity index (χ2n) is 3.58. The van der Waals surface area contributed by atoms with Crippen molar-refractivity contribution in [2.75, 3.05) is 12.3 Å². The number of hydrogen-bond donors (Lipinski definition) is 1. The van der Waals surface area contributed by atoms with Gasteiger partial charge in [-0.3, -0.25) is 0 Å². The van der Waals surface area contributed by atoms with Crippen molar-refractivity contribution in [3.8, 4) is 11.8 Å². The summed E-state index contributed by atoms with van der Waals surface area (Å²) in [5.74, 6) is 0.679. The number of hydrogen-bond acceptors (Lipinski definition) is 3. The van der Waals surface area contributed by atoms with Gasteiger partial charge in [0.15, 0.2) is 0 Å². The van der Waals surface area contributed by atoms with Gasteiger partial charge in [-0.2, -0.15) is 5.26 Å². The number of anilines is 1. The largest absolute Gasteiger partial charge is 0.490 e. The van der Waals surface area contributed by atoms with E-state index in [4.69, 9.17) is 15.7 Å². The van der Waals surface area contributed by atoms with Crippen LogP contribution in [0.3, 0.4) is 0 Å². The van der Waals surface area contributed by atoms with Crippen LogP contribution < -0.4 is 10.5 Å². The van der Waals surface area contributed by atoms with Crippen LogP contribution in [0.15, 0.2) is 42.6 Å². The van der Waals surface area contributed by atoms with E-state index in [-0.39, 0.29) is 0 Å². The van der Waals surface area contributed by atoms with Crippen molar-refractivity contribution in [2.24, 2.45) is 0 Å². The fraction of sp³-hybridized carbons (Fsp3) is 0.154. The van der Waals surface area contributed by atoms with Crippen LogP contribution in [0.1, 0.15) is 5.69 Å². The van der Waals surface area contributed by atoms with Crippen molar-refractivity contribution in [1.29, 1.82) is 5.26 Å². The summed E-state index contributed by atoms with van der Waals surface area (Å²) < 4.78 is 7.40. The Bertz CT molecular complexity index is 538. The Morgan fingerprint density at radius 3 is 2.82 bits per heavy atom. The van der Waals surface area contributed by atoms with E-state index in [2.05, 4.69) is 6.07 Å². The van der Waals surface area contributed by atoms with Gasteiger partial charge >= 0.3 is 0 Å². The Morgan fingerprint density at radius 2 is 2.06 bits per heavy atom. The minimum Gasteiger partial charge on any atom is -0.490 e. The normalized spacial score (nSPS) is 9.82. The summed E-state index contributed by atoms with van der Waals surface area (Å²) in [5, 5.41) is 8.84.